The minimum atomic E-state index is -0.870. The van der Waals surface area contributed by atoms with Crippen LogP contribution in [0.15, 0.2) is 22.1 Å². The SMILES string of the molecule is COc1cc(C=c2[nH]c(=CN=O)n(C)c2=O)cc(F)c1O. The Morgan fingerprint density at radius 3 is 2.81 bits per heavy atom. The molecule has 1 aromatic heterocycles. The van der Waals surface area contributed by atoms with Gasteiger partial charge in [-0.25, -0.2) is 4.39 Å². The van der Waals surface area contributed by atoms with Crippen LogP contribution in [-0.2, 0) is 7.05 Å². The lowest BCUT2D eigenvalue weighted by Gasteiger charge is -2.04. The first kappa shape index (κ1) is 14.5. The number of imidazole rings is 1. The Kier molecular flexibility index (Phi) is 3.88. The predicted octanol–water partition coefficient (Wildman–Crippen LogP) is -0.100. The number of aromatic hydroxyl groups is 1. The van der Waals surface area contributed by atoms with Gasteiger partial charge in [-0.15, -0.1) is 4.91 Å². The monoisotopic (exact) mass is 293 g/mol. The maximum Gasteiger partial charge on any atom is 0.275 e. The van der Waals surface area contributed by atoms with Crippen LogP contribution in [0.2, 0.25) is 0 Å². The number of aromatic nitrogens is 2. The van der Waals surface area contributed by atoms with Gasteiger partial charge in [0.1, 0.15) is 17.0 Å². The van der Waals surface area contributed by atoms with E-state index >= 15 is 0 Å². The lowest BCUT2D eigenvalue weighted by Crippen LogP contribution is -2.28. The lowest BCUT2D eigenvalue weighted by molar-refractivity contribution is 0.357. The first-order valence-corrected chi connectivity index (χ1v) is 5.84. The number of nitroso groups, excluding NO2 is 1. The summed E-state index contributed by atoms with van der Waals surface area (Å²) in [6, 6.07) is 2.43. The second kappa shape index (κ2) is 5.61. The standard InChI is InChI=1S/C13H12FN3O4/c1-17-11(6-15-20)16-9(13(17)19)4-7-3-8(14)12(18)10(5-7)21-2/h3-6,16,18H,1-2H3. The van der Waals surface area contributed by atoms with Gasteiger partial charge in [-0.1, -0.05) is 0 Å². The highest BCUT2D eigenvalue weighted by molar-refractivity contribution is 5.55. The van der Waals surface area contributed by atoms with E-state index in [2.05, 4.69) is 10.2 Å². The summed E-state index contributed by atoms with van der Waals surface area (Å²) in [7, 11) is 2.75. The first-order valence-electron chi connectivity index (χ1n) is 5.84. The number of halogens is 1. The van der Waals surface area contributed by atoms with E-state index in [1.165, 1.54) is 30.9 Å². The number of aromatic amines is 1. The molecule has 0 atom stereocenters. The van der Waals surface area contributed by atoms with Crippen LogP contribution in [0.25, 0.3) is 12.3 Å². The molecule has 0 radical (unpaired) electrons. The summed E-state index contributed by atoms with van der Waals surface area (Å²) >= 11 is 0. The minimum absolute atomic E-state index is 0.0500. The molecule has 110 valence electrons. The summed E-state index contributed by atoms with van der Waals surface area (Å²) in [6.07, 6.45) is 2.33. The molecule has 0 fully saturated rings. The summed E-state index contributed by atoms with van der Waals surface area (Å²) in [4.78, 5) is 24.9. The molecule has 2 rings (SSSR count). The average molecular weight is 293 g/mol. The number of benzene rings is 1. The van der Waals surface area contributed by atoms with Gasteiger partial charge in [0, 0.05) is 7.05 Å². The van der Waals surface area contributed by atoms with E-state index in [0.717, 1.165) is 12.3 Å². The largest absolute Gasteiger partial charge is 0.502 e. The molecule has 2 aromatic rings. The van der Waals surface area contributed by atoms with E-state index < -0.39 is 17.1 Å². The van der Waals surface area contributed by atoms with Crippen LogP contribution in [0.3, 0.4) is 0 Å². The van der Waals surface area contributed by atoms with Crippen molar-refractivity contribution in [2.45, 2.75) is 0 Å². The Balaban J connectivity index is 2.68. The Morgan fingerprint density at radius 1 is 1.48 bits per heavy atom. The third kappa shape index (κ3) is 2.69. The molecule has 1 heterocycles. The normalized spacial score (nSPS) is 12.7. The predicted molar refractivity (Wildman–Crippen MR) is 73.7 cm³/mol. The second-order valence-corrected chi connectivity index (χ2v) is 4.22. The van der Waals surface area contributed by atoms with Crippen LogP contribution < -0.4 is 21.1 Å². The molecule has 1 aromatic carbocycles. The fraction of sp³-hybridized carbons (Fsp3) is 0.154. The van der Waals surface area contributed by atoms with Crippen molar-refractivity contribution < 1.29 is 14.2 Å². The summed E-state index contributed by atoms with van der Waals surface area (Å²) in [5, 5.41) is 12.1. The van der Waals surface area contributed by atoms with Crippen LogP contribution in [0.4, 0.5) is 4.39 Å². The Labute approximate surface area is 117 Å². The van der Waals surface area contributed by atoms with Gasteiger partial charge in [0.25, 0.3) is 5.56 Å². The molecular formula is C13H12FN3O4. The molecule has 2 N–H and O–H groups in total. The number of H-pyrrole nitrogens is 1. The highest BCUT2D eigenvalue weighted by Crippen LogP contribution is 2.30. The van der Waals surface area contributed by atoms with Gasteiger partial charge in [-0.2, -0.15) is 0 Å². The van der Waals surface area contributed by atoms with Crippen LogP contribution >= 0.6 is 0 Å². The summed E-state index contributed by atoms with van der Waals surface area (Å²) in [5.41, 5.74) is 0.122. The van der Waals surface area contributed by atoms with Crippen molar-refractivity contribution in [3.05, 3.63) is 49.6 Å². The zero-order valence-corrected chi connectivity index (χ0v) is 11.3. The van der Waals surface area contributed by atoms with Crippen molar-refractivity contribution in [2.24, 2.45) is 12.2 Å². The number of hydrogen-bond donors (Lipinski definition) is 2. The molecule has 21 heavy (non-hydrogen) atoms. The number of nitrogens with zero attached hydrogens (tertiary/aromatic N) is 2. The zero-order chi connectivity index (χ0) is 15.6. The quantitative estimate of drug-likeness (QED) is 0.772. The van der Waals surface area contributed by atoms with Crippen molar-refractivity contribution in [2.75, 3.05) is 7.11 Å². The molecule has 7 nitrogen and oxygen atoms in total. The highest BCUT2D eigenvalue weighted by Gasteiger charge is 2.09. The molecule has 0 aliphatic heterocycles. The highest BCUT2D eigenvalue weighted by atomic mass is 19.1. The van der Waals surface area contributed by atoms with Crippen LogP contribution in [0, 0.1) is 10.7 Å². The van der Waals surface area contributed by atoms with E-state index in [1.807, 2.05) is 0 Å². The Bertz CT molecular complexity index is 867. The molecule has 0 unspecified atom stereocenters. The van der Waals surface area contributed by atoms with Crippen molar-refractivity contribution >= 4 is 12.3 Å². The second-order valence-electron chi connectivity index (χ2n) is 4.22. The smallest absolute Gasteiger partial charge is 0.275 e. The number of phenolic OH excluding ortho intramolecular Hbond substituents is 1. The van der Waals surface area contributed by atoms with Crippen molar-refractivity contribution in [3.8, 4) is 11.5 Å². The molecule has 0 spiro atoms. The van der Waals surface area contributed by atoms with Crippen LogP contribution in [-0.4, -0.2) is 21.8 Å². The van der Waals surface area contributed by atoms with Gasteiger partial charge < -0.3 is 14.8 Å². The molecule has 0 aliphatic carbocycles. The van der Waals surface area contributed by atoms with Gasteiger partial charge >= 0.3 is 0 Å². The fourth-order valence-electron chi connectivity index (χ4n) is 1.83. The van der Waals surface area contributed by atoms with E-state index in [0.29, 0.717) is 5.56 Å². The molecular weight excluding hydrogens is 281 g/mol. The number of hydrogen-bond acceptors (Lipinski definition) is 5. The third-order valence-electron chi connectivity index (χ3n) is 2.92. The Morgan fingerprint density at radius 2 is 2.19 bits per heavy atom. The van der Waals surface area contributed by atoms with Crippen molar-refractivity contribution in [1.82, 2.24) is 9.55 Å². The molecule has 0 aliphatic rings. The molecule has 0 amide bonds. The topological polar surface area (TPSA) is 96.7 Å². The molecule has 0 bridgehead atoms. The van der Waals surface area contributed by atoms with Gasteiger partial charge in [0.2, 0.25) is 0 Å². The molecule has 0 saturated heterocycles. The first-order chi connectivity index (χ1) is 9.97. The minimum Gasteiger partial charge on any atom is -0.502 e. The summed E-state index contributed by atoms with van der Waals surface area (Å²) in [5.74, 6) is -1.52. The van der Waals surface area contributed by atoms with Crippen molar-refractivity contribution in [3.63, 3.8) is 0 Å². The summed E-state index contributed by atoms with van der Waals surface area (Å²) in [6.45, 7) is 0. The van der Waals surface area contributed by atoms with Crippen molar-refractivity contribution in [1.29, 1.82) is 0 Å². The number of phenols is 1. The van der Waals surface area contributed by atoms with Crippen LogP contribution in [0.5, 0.6) is 11.5 Å². The molecule has 8 heteroatoms. The van der Waals surface area contributed by atoms with E-state index in [-0.39, 0.29) is 16.6 Å². The number of methoxy groups -OCH3 is 1. The van der Waals surface area contributed by atoms with Gasteiger partial charge in [-0.3, -0.25) is 9.36 Å². The fourth-order valence-corrected chi connectivity index (χ4v) is 1.83. The number of ether oxygens (including phenoxy) is 1. The van der Waals surface area contributed by atoms with E-state index in [1.54, 1.807) is 0 Å². The Hall–Kier alpha value is -2.90. The average Bonchev–Trinajstić information content (AvgIpc) is 2.71. The molecule has 0 saturated carbocycles. The van der Waals surface area contributed by atoms with Gasteiger partial charge in [-0.05, 0) is 28.9 Å². The summed E-state index contributed by atoms with van der Waals surface area (Å²) < 4.78 is 19.6. The number of nitrogens with one attached hydrogen (secondary N) is 1. The maximum atomic E-state index is 13.5. The zero-order valence-electron chi connectivity index (χ0n) is 11.3. The third-order valence-corrected chi connectivity index (χ3v) is 2.92. The lowest BCUT2D eigenvalue weighted by atomic mass is 10.2. The van der Waals surface area contributed by atoms with Crippen LogP contribution in [0.1, 0.15) is 5.56 Å². The van der Waals surface area contributed by atoms with Gasteiger partial charge in [0.05, 0.1) is 7.11 Å². The number of rotatable bonds is 3. The maximum absolute atomic E-state index is 13.5. The van der Waals surface area contributed by atoms with E-state index in [4.69, 9.17) is 4.74 Å². The van der Waals surface area contributed by atoms with Gasteiger partial charge in [0.15, 0.2) is 17.3 Å². The van der Waals surface area contributed by atoms with E-state index in [9.17, 15) is 19.2 Å².